The molecule has 21 heavy (non-hydrogen) atoms. The minimum atomic E-state index is 0.508. The van der Waals surface area contributed by atoms with Crippen LogP contribution >= 0.6 is 11.6 Å². The molecule has 4 heteroatoms. The topological polar surface area (TPSA) is 34.1 Å². The molecule has 1 N–H and O–H groups in total. The molecule has 1 saturated carbocycles. The molecule has 0 saturated heterocycles. The van der Waals surface area contributed by atoms with Gasteiger partial charge >= 0.3 is 0 Å². The third kappa shape index (κ3) is 3.48. The second kappa shape index (κ2) is 6.35. The van der Waals surface area contributed by atoms with Crippen LogP contribution in [0, 0.1) is 0 Å². The number of hydrogen-bond donors (Lipinski definition) is 1. The Morgan fingerprint density at radius 2 is 2.14 bits per heavy atom. The minimum Gasteiger partial charge on any atom is -0.478 e. The first kappa shape index (κ1) is 14.2. The van der Waals surface area contributed by atoms with Crippen molar-refractivity contribution in [2.45, 2.75) is 31.7 Å². The number of nitrogens with zero attached hydrogens (tertiary/aromatic N) is 1. The molecule has 110 valence electrons. The summed E-state index contributed by atoms with van der Waals surface area (Å²) in [6, 6.07) is 12.6. The summed E-state index contributed by atoms with van der Waals surface area (Å²) in [6.45, 7) is 2.60. The molecule has 1 fully saturated rings. The molecule has 0 spiro atoms. The molecular formula is C17H19ClN2O. The van der Waals surface area contributed by atoms with Crippen LogP contribution in [0.25, 0.3) is 0 Å². The fraction of sp³-hybridized carbons (Fsp3) is 0.353. The van der Waals surface area contributed by atoms with E-state index in [0.29, 0.717) is 24.4 Å². The lowest BCUT2D eigenvalue weighted by molar-refractivity contribution is 0.327. The van der Waals surface area contributed by atoms with Gasteiger partial charge in [-0.25, -0.2) is 4.98 Å². The van der Waals surface area contributed by atoms with Crippen LogP contribution in [0.1, 0.15) is 31.2 Å². The predicted octanol–water partition coefficient (Wildman–Crippen LogP) is 4.49. The lowest BCUT2D eigenvalue weighted by atomic mass is 9.76. The van der Waals surface area contributed by atoms with Gasteiger partial charge in [0.2, 0.25) is 5.88 Å². The molecule has 0 amide bonds. The highest BCUT2D eigenvalue weighted by Crippen LogP contribution is 2.39. The standard InChI is InChI=1S/C17H19ClN2O/c1-2-21-17-7-6-15(11-19-17)20-16-9-13(10-16)12-4-3-5-14(18)8-12/h3-8,11,13,16,20H,2,9-10H2,1H3. The summed E-state index contributed by atoms with van der Waals surface area (Å²) in [5, 5.41) is 4.33. The van der Waals surface area contributed by atoms with Crippen molar-refractivity contribution in [2.24, 2.45) is 0 Å². The molecule has 0 atom stereocenters. The van der Waals surface area contributed by atoms with Gasteiger partial charge in [0.05, 0.1) is 18.5 Å². The van der Waals surface area contributed by atoms with E-state index >= 15 is 0 Å². The second-order valence-electron chi connectivity index (χ2n) is 5.38. The molecule has 1 heterocycles. The molecule has 3 nitrogen and oxygen atoms in total. The Labute approximate surface area is 130 Å². The summed E-state index contributed by atoms with van der Waals surface area (Å²) in [5.74, 6) is 1.28. The van der Waals surface area contributed by atoms with E-state index in [1.54, 1.807) is 0 Å². The Morgan fingerprint density at radius 3 is 2.81 bits per heavy atom. The van der Waals surface area contributed by atoms with E-state index in [-0.39, 0.29) is 0 Å². The van der Waals surface area contributed by atoms with E-state index in [1.807, 2.05) is 37.4 Å². The monoisotopic (exact) mass is 302 g/mol. The fourth-order valence-corrected chi connectivity index (χ4v) is 2.90. The van der Waals surface area contributed by atoms with Crippen molar-refractivity contribution in [1.82, 2.24) is 4.98 Å². The van der Waals surface area contributed by atoms with Crippen LogP contribution in [0.5, 0.6) is 5.88 Å². The highest BCUT2D eigenvalue weighted by atomic mass is 35.5. The molecule has 0 aliphatic heterocycles. The van der Waals surface area contributed by atoms with E-state index in [2.05, 4.69) is 22.4 Å². The maximum Gasteiger partial charge on any atom is 0.213 e. The predicted molar refractivity (Wildman–Crippen MR) is 86.2 cm³/mol. The molecule has 0 radical (unpaired) electrons. The Hall–Kier alpha value is -1.74. The van der Waals surface area contributed by atoms with Crippen molar-refractivity contribution in [2.75, 3.05) is 11.9 Å². The van der Waals surface area contributed by atoms with Gasteiger partial charge in [0.1, 0.15) is 0 Å². The van der Waals surface area contributed by atoms with E-state index in [1.165, 1.54) is 5.56 Å². The van der Waals surface area contributed by atoms with Gasteiger partial charge in [0.25, 0.3) is 0 Å². The highest BCUT2D eigenvalue weighted by Gasteiger charge is 2.30. The summed E-state index contributed by atoms with van der Waals surface area (Å²) in [6.07, 6.45) is 4.10. The SMILES string of the molecule is CCOc1ccc(NC2CC(c3cccc(Cl)c3)C2)cn1. The maximum absolute atomic E-state index is 6.04. The number of halogens is 1. The molecule has 1 aliphatic rings. The lowest BCUT2D eigenvalue weighted by Gasteiger charge is -2.36. The smallest absolute Gasteiger partial charge is 0.213 e. The Bertz CT molecular complexity index is 594. The van der Waals surface area contributed by atoms with Crippen LogP contribution < -0.4 is 10.1 Å². The molecule has 1 aliphatic carbocycles. The zero-order valence-corrected chi connectivity index (χ0v) is 12.8. The normalized spacial score (nSPS) is 20.7. The number of hydrogen-bond acceptors (Lipinski definition) is 3. The Morgan fingerprint density at radius 1 is 1.29 bits per heavy atom. The summed E-state index contributed by atoms with van der Waals surface area (Å²) in [4.78, 5) is 4.27. The van der Waals surface area contributed by atoms with Crippen molar-refractivity contribution in [1.29, 1.82) is 0 Å². The van der Waals surface area contributed by atoms with Crippen molar-refractivity contribution in [3.05, 3.63) is 53.2 Å². The zero-order chi connectivity index (χ0) is 14.7. The van der Waals surface area contributed by atoms with E-state index in [4.69, 9.17) is 16.3 Å². The van der Waals surface area contributed by atoms with Gasteiger partial charge in [0, 0.05) is 17.1 Å². The fourth-order valence-electron chi connectivity index (χ4n) is 2.70. The maximum atomic E-state index is 6.04. The molecule has 3 rings (SSSR count). The van der Waals surface area contributed by atoms with Gasteiger partial charge in [-0.2, -0.15) is 0 Å². The molecule has 2 aromatic rings. The number of ether oxygens (including phenoxy) is 1. The highest BCUT2D eigenvalue weighted by molar-refractivity contribution is 6.30. The van der Waals surface area contributed by atoms with Crippen LogP contribution in [0.15, 0.2) is 42.6 Å². The lowest BCUT2D eigenvalue weighted by Crippen LogP contribution is -2.34. The first-order chi connectivity index (χ1) is 10.2. The quantitative estimate of drug-likeness (QED) is 0.883. The summed E-state index contributed by atoms with van der Waals surface area (Å²) in [5.41, 5.74) is 2.39. The zero-order valence-electron chi connectivity index (χ0n) is 12.1. The van der Waals surface area contributed by atoms with E-state index in [0.717, 1.165) is 23.6 Å². The number of anilines is 1. The van der Waals surface area contributed by atoms with Crippen molar-refractivity contribution in [3.8, 4) is 5.88 Å². The van der Waals surface area contributed by atoms with E-state index < -0.39 is 0 Å². The Kier molecular flexibility index (Phi) is 4.30. The molecule has 0 bridgehead atoms. The molecule has 1 aromatic heterocycles. The van der Waals surface area contributed by atoms with Gasteiger partial charge in [-0.15, -0.1) is 0 Å². The largest absolute Gasteiger partial charge is 0.478 e. The van der Waals surface area contributed by atoms with Crippen LogP contribution in [0.4, 0.5) is 5.69 Å². The molecular weight excluding hydrogens is 284 g/mol. The Balaban J connectivity index is 1.52. The van der Waals surface area contributed by atoms with Gasteiger partial charge in [-0.3, -0.25) is 0 Å². The van der Waals surface area contributed by atoms with Crippen molar-refractivity contribution >= 4 is 17.3 Å². The number of nitrogens with one attached hydrogen (secondary N) is 1. The summed E-state index contributed by atoms with van der Waals surface area (Å²) in [7, 11) is 0. The van der Waals surface area contributed by atoms with E-state index in [9.17, 15) is 0 Å². The second-order valence-corrected chi connectivity index (χ2v) is 5.82. The molecule has 1 aromatic carbocycles. The van der Waals surface area contributed by atoms with Crippen LogP contribution in [-0.4, -0.2) is 17.6 Å². The van der Waals surface area contributed by atoms with Gasteiger partial charge in [0.15, 0.2) is 0 Å². The average Bonchev–Trinajstić information content (AvgIpc) is 2.44. The minimum absolute atomic E-state index is 0.508. The third-order valence-corrected chi connectivity index (χ3v) is 4.09. The van der Waals surface area contributed by atoms with Crippen molar-refractivity contribution < 1.29 is 4.74 Å². The first-order valence-corrected chi connectivity index (χ1v) is 7.73. The third-order valence-electron chi connectivity index (χ3n) is 3.86. The van der Waals surface area contributed by atoms with Crippen LogP contribution in [-0.2, 0) is 0 Å². The number of aromatic nitrogens is 1. The average molecular weight is 303 g/mol. The molecule has 0 unspecified atom stereocenters. The number of rotatable bonds is 5. The van der Waals surface area contributed by atoms with Gasteiger partial charge < -0.3 is 10.1 Å². The van der Waals surface area contributed by atoms with Gasteiger partial charge in [-0.05, 0) is 49.4 Å². The summed E-state index contributed by atoms with van der Waals surface area (Å²) < 4.78 is 5.34. The number of pyridine rings is 1. The van der Waals surface area contributed by atoms with Crippen LogP contribution in [0.2, 0.25) is 5.02 Å². The van der Waals surface area contributed by atoms with Crippen LogP contribution in [0.3, 0.4) is 0 Å². The number of benzene rings is 1. The first-order valence-electron chi connectivity index (χ1n) is 7.35. The van der Waals surface area contributed by atoms with Crippen molar-refractivity contribution in [3.63, 3.8) is 0 Å². The summed E-state index contributed by atoms with van der Waals surface area (Å²) >= 11 is 6.04. The van der Waals surface area contributed by atoms with Gasteiger partial charge in [-0.1, -0.05) is 23.7 Å².